The van der Waals surface area contributed by atoms with E-state index in [-0.39, 0.29) is 5.41 Å². The topological polar surface area (TPSA) is 63.8 Å². The van der Waals surface area contributed by atoms with Gasteiger partial charge in [-0.2, -0.15) is 0 Å². The number of thiophene rings is 1. The minimum absolute atomic E-state index is 0.249. The van der Waals surface area contributed by atoms with Crippen LogP contribution < -0.4 is 11.1 Å². The molecule has 0 unspecified atom stereocenters. The first-order valence-electron chi connectivity index (χ1n) is 7.94. The number of aryl methyl sites for hydroxylation is 1. The molecule has 2 aromatic heterocycles. The number of hydrogen-bond acceptors (Lipinski definition) is 5. The van der Waals surface area contributed by atoms with E-state index in [1.54, 1.807) is 17.7 Å². The van der Waals surface area contributed by atoms with E-state index in [2.05, 4.69) is 28.3 Å². The van der Waals surface area contributed by atoms with Gasteiger partial charge in [0.25, 0.3) is 0 Å². The van der Waals surface area contributed by atoms with E-state index in [9.17, 15) is 0 Å². The first kappa shape index (κ1) is 14.7. The zero-order chi connectivity index (χ0) is 14.7. The Hall–Kier alpha value is -1.20. The number of nitrogens with zero attached hydrogens (tertiary/aromatic N) is 2. The molecule has 1 aliphatic rings. The van der Waals surface area contributed by atoms with Crippen LogP contribution in [-0.2, 0) is 6.42 Å². The van der Waals surface area contributed by atoms with Crippen molar-refractivity contribution < 1.29 is 0 Å². The number of anilines is 1. The highest BCUT2D eigenvalue weighted by Gasteiger charge is 2.30. The molecule has 4 nitrogen and oxygen atoms in total. The van der Waals surface area contributed by atoms with Crippen molar-refractivity contribution in [3.63, 3.8) is 0 Å². The highest BCUT2D eigenvalue weighted by Crippen LogP contribution is 2.36. The molecule has 0 aliphatic heterocycles. The summed E-state index contributed by atoms with van der Waals surface area (Å²) in [5, 5.41) is 4.72. The SMILES string of the molecule is CCc1cc2c(NCC3(CN)CCCCC3)ncnc2s1. The summed E-state index contributed by atoms with van der Waals surface area (Å²) in [5.74, 6) is 0.967. The zero-order valence-electron chi connectivity index (χ0n) is 12.7. The highest BCUT2D eigenvalue weighted by molar-refractivity contribution is 7.18. The van der Waals surface area contributed by atoms with Crippen LogP contribution in [0.3, 0.4) is 0 Å². The fourth-order valence-electron chi connectivity index (χ4n) is 3.25. The predicted molar refractivity (Wildman–Crippen MR) is 89.9 cm³/mol. The first-order valence-corrected chi connectivity index (χ1v) is 8.75. The van der Waals surface area contributed by atoms with Gasteiger partial charge in [0, 0.05) is 11.4 Å². The molecule has 1 aliphatic carbocycles. The monoisotopic (exact) mass is 304 g/mol. The Kier molecular flexibility index (Phi) is 4.40. The van der Waals surface area contributed by atoms with E-state index in [0.29, 0.717) is 0 Å². The number of hydrogen-bond donors (Lipinski definition) is 2. The summed E-state index contributed by atoms with van der Waals surface area (Å²) in [6.45, 7) is 3.86. The Morgan fingerprint density at radius 1 is 1.29 bits per heavy atom. The molecule has 2 aromatic rings. The minimum atomic E-state index is 0.249. The van der Waals surface area contributed by atoms with Crippen LogP contribution in [0.15, 0.2) is 12.4 Å². The fraction of sp³-hybridized carbons (Fsp3) is 0.625. The van der Waals surface area contributed by atoms with E-state index in [1.165, 1.54) is 37.0 Å². The van der Waals surface area contributed by atoms with Crippen LogP contribution in [0, 0.1) is 5.41 Å². The molecule has 1 saturated carbocycles. The lowest BCUT2D eigenvalue weighted by atomic mass is 9.74. The molecule has 114 valence electrons. The number of nitrogens with two attached hydrogens (primary N) is 1. The molecule has 3 rings (SSSR count). The van der Waals surface area contributed by atoms with E-state index < -0.39 is 0 Å². The van der Waals surface area contributed by atoms with Gasteiger partial charge in [-0.05, 0) is 37.3 Å². The van der Waals surface area contributed by atoms with Crippen LogP contribution >= 0.6 is 11.3 Å². The number of fused-ring (bicyclic) bond motifs is 1. The van der Waals surface area contributed by atoms with Crippen molar-refractivity contribution in [2.24, 2.45) is 11.1 Å². The van der Waals surface area contributed by atoms with Gasteiger partial charge in [-0.15, -0.1) is 11.3 Å². The molecule has 0 aromatic carbocycles. The second-order valence-electron chi connectivity index (χ2n) is 6.13. The van der Waals surface area contributed by atoms with Crippen LogP contribution in [0.2, 0.25) is 0 Å². The molecule has 5 heteroatoms. The van der Waals surface area contributed by atoms with Gasteiger partial charge >= 0.3 is 0 Å². The van der Waals surface area contributed by atoms with Crippen LogP contribution in [0.4, 0.5) is 5.82 Å². The van der Waals surface area contributed by atoms with Crippen molar-refractivity contribution in [3.05, 3.63) is 17.3 Å². The van der Waals surface area contributed by atoms with Gasteiger partial charge in [0.05, 0.1) is 5.39 Å². The Bertz CT molecular complexity index is 601. The van der Waals surface area contributed by atoms with E-state index in [4.69, 9.17) is 5.73 Å². The molecule has 0 saturated heterocycles. The van der Waals surface area contributed by atoms with Crippen LogP contribution in [0.5, 0.6) is 0 Å². The van der Waals surface area contributed by atoms with Gasteiger partial charge in [-0.1, -0.05) is 26.2 Å². The standard InChI is InChI=1S/C16H24N4S/c1-2-12-8-13-14(19-11-20-15(13)21-12)18-10-16(9-17)6-4-3-5-7-16/h8,11H,2-7,9-10,17H2,1H3,(H,18,19,20). The van der Waals surface area contributed by atoms with Crippen molar-refractivity contribution in [3.8, 4) is 0 Å². The van der Waals surface area contributed by atoms with Crippen LogP contribution in [0.1, 0.15) is 43.9 Å². The second kappa shape index (κ2) is 6.28. The summed E-state index contributed by atoms with van der Waals surface area (Å²) in [7, 11) is 0. The number of aromatic nitrogens is 2. The smallest absolute Gasteiger partial charge is 0.138 e. The van der Waals surface area contributed by atoms with Crippen LogP contribution in [-0.4, -0.2) is 23.1 Å². The summed E-state index contributed by atoms with van der Waals surface area (Å²) in [4.78, 5) is 11.3. The molecule has 0 atom stereocenters. The molecule has 0 amide bonds. The van der Waals surface area contributed by atoms with Crippen molar-refractivity contribution in [2.45, 2.75) is 45.4 Å². The first-order chi connectivity index (χ1) is 10.3. The van der Waals surface area contributed by atoms with Crippen LogP contribution in [0.25, 0.3) is 10.2 Å². The normalized spacial score (nSPS) is 18.0. The molecular weight excluding hydrogens is 280 g/mol. The van der Waals surface area contributed by atoms with Crippen molar-refractivity contribution in [1.29, 1.82) is 0 Å². The van der Waals surface area contributed by atoms with E-state index in [0.717, 1.165) is 35.5 Å². The lowest BCUT2D eigenvalue weighted by Gasteiger charge is -2.36. The molecular formula is C16H24N4S. The van der Waals surface area contributed by atoms with Crippen molar-refractivity contribution in [2.75, 3.05) is 18.4 Å². The summed E-state index contributed by atoms with van der Waals surface area (Å²) in [6.07, 6.45) is 9.13. The van der Waals surface area contributed by atoms with Gasteiger partial charge < -0.3 is 11.1 Å². The third kappa shape index (κ3) is 3.04. The Labute approximate surface area is 130 Å². The van der Waals surface area contributed by atoms with E-state index >= 15 is 0 Å². The molecule has 1 fully saturated rings. The number of rotatable bonds is 5. The average molecular weight is 304 g/mol. The van der Waals surface area contributed by atoms with Gasteiger partial charge in [0.1, 0.15) is 17.0 Å². The molecule has 0 spiro atoms. The Morgan fingerprint density at radius 3 is 2.81 bits per heavy atom. The maximum absolute atomic E-state index is 6.07. The Morgan fingerprint density at radius 2 is 2.10 bits per heavy atom. The van der Waals surface area contributed by atoms with Gasteiger partial charge in [-0.3, -0.25) is 0 Å². The lowest BCUT2D eigenvalue weighted by molar-refractivity contribution is 0.215. The second-order valence-corrected chi connectivity index (χ2v) is 7.24. The quantitative estimate of drug-likeness (QED) is 0.886. The lowest BCUT2D eigenvalue weighted by Crippen LogP contribution is -2.39. The third-order valence-corrected chi connectivity index (χ3v) is 5.89. The third-order valence-electron chi connectivity index (χ3n) is 4.71. The summed E-state index contributed by atoms with van der Waals surface area (Å²) in [5.41, 5.74) is 6.32. The predicted octanol–water partition coefficient (Wildman–Crippen LogP) is 3.57. The molecule has 0 bridgehead atoms. The molecule has 0 radical (unpaired) electrons. The summed E-state index contributed by atoms with van der Waals surface area (Å²) in [6, 6.07) is 2.22. The Balaban J connectivity index is 1.79. The van der Waals surface area contributed by atoms with Gasteiger partial charge in [-0.25, -0.2) is 9.97 Å². The fourth-order valence-corrected chi connectivity index (χ4v) is 4.18. The van der Waals surface area contributed by atoms with E-state index in [1.807, 2.05) is 0 Å². The largest absolute Gasteiger partial charge is 0.369 e. The highest BCUT2D eigenvalue weighted by atomic mass is 32.1. The minimum Gasteiger partial charge on any atom is -0.369 e. The zero-order valence-corrected chi connectivity index (χ0v) is 13.5. The molecule has 3 N–H and O–H groups in total. The van der Waals surface area contributed by atoms with Gasteiger partial charge in [0.2, 0.25) is 0 Å². The molecule has 2 heterocycles. The number of nitrogens with one attached hydrogen (secondary N) is 1. The maximum atomic E-state index is 6.07. The summed E-state index contributed by atoms with van der Waals surface area (Å²) >= 11 is 1.76. The average Bonchev–Trinajstić information content (AvgIpc) is 2.97. The van der Waals surface area contributed by atoms with Gasteiger partial charge in [0.15, 0.2) is 0 Å². The molecule has 21 heavy (non-hydrogen) atoms. The summed E-state index contributed by atoms with van der Waals surface area (Å²) < 4.78 is 0. The van der Waals surface area contributed by atoms with Crippen molar-refractivity contribution in [1.82, 2.24) is 9.97 Å². The van der Waals surface area contributed by atoms with Crippen molar-refractivity contribution >= 4 is 27.4 Å². The maximum Gasteiger partial charge on any atom is 0.138 e.